The van der Waals surface area contributed by atoms with Gasteiger partial charge in [-0.05, 0) is 49.8 Å². The van der Waals surface area contributed by atoms with Crippen LogP contribution in [0.5, 0.6) is 0 Å². The lowest BCUT2D eigenvalue weighted by Crippen LogP contribution is -2.24. The number of nitrogens with two attached hydrogens (primary N) is 1. The van der Waals surface area contributed by atoms with Crippen molar-refractivity contribution >= 4 is 28.0 Å². The molecule has 2 heterocycles. The Morgan fingerprint density at radius 3 is 2.75 bits per heavy atom. The predicted octanol–water partition coefficient (Wildman–Crippen LogP) is 4.58. The Bertz CT molecular complexity index is 817. The molecule has 7 nitrogen and oxygen atoms in total. The summed E-state index contributed by atoms with van der Waals surface area (Å²) in [6, 6.07) is 6.59. The number of anilines is 1. The number of rotatable bonds is 8. The molecule has 2 aromatic rings. The molecule has 1 aliphatic heterocycles. The van der Waals surface area contributed by atoms with E-state index in [-0.39, 0.29) is 10.6 Å². The monoisotopic (exact) mass is 401 g/mol. The van der Waals surface area contributed by atoms with E-state index in [0.717, 1.165) is 61.3 Å². The lowest BCUT2D eigenvalue weighted by Gasteiger charge is -2.08. The summed E-state index contributed by atoms with van der Waals surface area (Å²) >= 11 is 1.44. The number of non-ortho nitro benzene ring substituents is 1. The van der Waals surface area contributed by atoms with Gasteiger partial charge < -0.3 is 11.1 Å². The number of thiazole rings is 1. The first-order valence-electron chi connectivity index (χ1n) is 9.90. The first-order chi connectivity index (χ1) is 13.6. The number of nitrogens with one attached hydrogen (secondary N) is 1. The van der Waals surface area contributed by atoms with Gasteiger partial charge in [0.1, 0.15) is 0 Å². The van der Waals surface area contributed by atoms with Crippen LogP contribution in [0.4, 0.5) is 10.8 Å². The second-order valence-corrected chi connectivity index (χ2v) is 8.04. The Morgan fingerprint density at radius 2 is 1.96 bits per heavy atom. The minimum absolute atomic E-state index is 0.0913. The molecule has 0 radical (unpaired) electrons. The van der Waals surface area contributed by atoms with Crippen LogP contribution in [0.3, 0.4) is 0 Å². The molecular formula is C20H27N5O2S. The van der Waals surface area contributed by atoms with Gasteiger partial charge >= 0.3 is 0 Å². The fraction of sp³-hybridized carbons (Fsp3) is 0.500. The molecule has 0 saturated heterocycles. The Balaban J connectivity index is 1.47. The highest BCUT2D eigenvalue weighted by molar-refractivity contribution is 7.18. The second kappa shape index (κ2) is 10.2. The molecular weight excluding hydrogens is 374 g/mol. The first kappa shape index (κ1) is 20.3. The summed E-state index contributed by atoms with van der Waals surface area (Å²) in [5, 5.41) is 14.8. The number of nitro benzene ring substituents is 1. The molecule has 3 rings (SSSR count). The highest BCUT2D eigenvalue weighted by atomic mass is 32.1. The number of hydrogen-bond acceptors (Lipinski definition) is 7. The fourth-order valence-corrected chi connectivity index (χ4v) is 4.23. The smallest absolute Gasteiger partial charge is 0.269 e. The van der Waals surface area contributed by atoms with Crippen LogP contribution in [-0.4, -0.2) is 28.8 Å². The summed E-state index contributed by atoms with van der Waals surface area (Å²) in [4.78, 5) is 20.5. The number of nitrogens with zero attached hydrogens (tertiary/aromatic N) is 3. The molecule has 28 heavy (non-hydrogen) atoms. The van der Waals surface area contributed by atoms with Gasteiger partial charge in [0.15, 0.2) is 5.13 Å². The summed E-state index contributed by atoms with van der Waals surface area (Å²) in [5.74, 6) is 1.17. The number of aromatic nitrogens is 1. The van der Waals surface area contributed by atoms with E-state index in [1.54, 1.807) is 12.1 Å². The third-order valence-electron chi connectivity index (χ3n) is 4.85. The molecule has 0 unspecified atom stereocenters. The quantitative estimate of drug-likeness (QED) is 0.383. The lowest BCUT2D eigenvalue weighted by atomic mass is 10.1. The molecule has 0 aliphatic carbocycles. The summed E-state index contributed by atoms with van der Waals surface area (Å²) in [7, 11) is 0. The zero-order chi connectivity index (χ0) is 19.8. The summed E-state index contributed by atoms with van der Waals surface area (Å²) < 4.78 is 0. The second-order valence-electron chi connectivity index (χ2n) is 7.01. The average Bonchev–Trinajstić information content (AvgIpc) is 2.89. The number of nitrogen functional groups attached to an aromatic ring is 1. The van der Waals surface area contributed by atoms with Crippen molar-refractivity contribution in [3.63, 3.8) is 0 Å². The molecule has 1 aromatic carbocycles. The molecule has 150 valence electrons. The van der Waals surface area contributed by atoms with Gasteiger partial charge in [0.05, 0.1) is 21.3 Å². The third kappa shape index (κ3) is 5.76. The van der Waals surface area contributed by atoms with Gasteiger partial charge in [0.2, 0.25) is 0 Å². The molecule has 0 spiro atoms. The van der Waals surface area contributed by atoms with Gasteiger partial charge in [-0.2, -0.15) is 0 Å². The molecule has 0 fully saturated rings. The molecule has 0 amide bonds. The number of nitro groups is 1. The van der Waals surface area contributed by atoms with Crippen LogP contribution in [0, 0.1) is 10.1 Å². The summed E-state index contributed by atoms with van der Waals surface area (Å²) in [6.45, 7) is 1.92. The summed E-state index contributed by atoms with van der Waals surface area (Å²) in [5.41, 5.74) is 7.93. The average molecular weight is 402 g/mol. The molecule has 3 N–H and O–H groups in total. The predicted molar refractivity (Wildman–Crippen MR) is 115 cm³/mol. The zero-order valence-electron chi connectivity index (χ0n) is 16.0. The van der Waals surface area contributed by atoms with E-state index < -0.39 is 0 Å². The number of amidine groups is 1. The van der Waals surface area contributed by atoms with Gasteiger partial charge in [-0.3, -0.25) is 15.1 Å². The van der Waals surface area contributed by atoms with E-state index in [9.17, 15) is 10.1 Å². The number of aryl methyl sites for hydroxylation is 1. The Labute approximate surface area is 169 Å². The van der Waals surface area contributed by atoms with E-state index in [2.05, 4.69) is 15.3 Å². The molecule has 8 heteroatoms. The van der Waals surface area contributed by atoms with Gasteiger partial charge in [0, 0.05) is 31.6 Å². The van der Waals surface area contributed by atoms with Crippen molar-refractivity contribution in [1.29, 1.82) is 0 Å². The SMILES string of the molecule is Nc1nc(CCCCCNC2=NCCCCC2)c(-c2ccc([N+](=O)[O-])cc2)s1. The van der Waals surface area contributed by atoms with Crippen molar-refractivity contribution in [2.75, 3.05) is 18.8 Å². The zero-order valence-corrected chi connectivity index (χ0v) is 16.8. The normalized spacial score (nSPS) is 14.4. The minimum atomic E-state index is -0.389. The van der Waals surface area contributed by atoms with Crippen LogP contribution in [-0.2, 0) is 6.42 Å². The molecule has 0 saturated carbocycles. The fourth-order valence-electron chi connectivity index (χ4n) is 3.34. The number of aliphatic imine (C=N–C) groups is 1. The highest BCUT2D eigenvalue weighted by Crippen LogP contribution is 2.33. The minimum Gasteiger partial charge on any atom is -0.375 e. The van der Waals surface area contributed by atoms with E-state index in [4.69, 9.17) is 5.73 Å². The van der Waals surface area contributed by atoms with Crippen molar-refractivity contribution in [2.45, 2.75) is 51.4 Å². The lowest BCUT2D eigenvalue weighted by molar-refractivity contribution is -0.384. The Hall–Kier alpha value is -2.48. The van der Waals surface area contributed by atoms with Gasteiger partial charge in [0.25, 0.3) is 5.69 Å². The molecule has 1 aromatic heterocycles. The first-order valence-corrected chi connectivity index (χ1v) is 10.7. The van der Waals surface area contributed by atoms with Crippen molar-refractivity contribution in [1.82, 2.24) is 10.3 Å². The van der Waals surface area contributed by atoms with Crippen molar-refractivity contribution in [2.24, 2.45) is 4.99 Å². The van der Waals surface area contributed by atoms with Crippen LogP contribution in [0.25, 0.3) is 10.4 Å². The Morgan fingerprint density at radius 1 is 1.14 bits per heavy atom. The van der Waals surface area contributed by atoms with E-state index in [1.807, 2.05) is 0 Å². The standard InChI is InChI=1S/C20H27N5O2S/c21-20-24-17(19(28-20)15-9-11-16(12-10-15)25(26)27)7-3-1-5-13-22-18-8-4-2-6-14-23-18/h9-12H,1-8,13-14H2,(H2,21,24)(H,22,23). The summed E-state index contributed by atoms with van der Waals surface area (Å²) in [6.07, 6.45) is 8.92. The third-order valence-corrected chi connectivity index (χ3v) is 5.82. The number of unbranched alkanes of at least 4 members (excludes halogenated alkanes) is 2. The number of hydrogen-bond donors (Lipinski definition) is 2. The van der Waals surface area contributed by atoms with Crippen LogP contribution in [0.15, 0.2) is 29.3 Å². The van der Waals surface area contributed by atoms with Crippen molar-refractivity contribution in [3.05, 3.63) is 40.1 Å². The van der Waals surface area contributed by atoms with Crippen LogP contribution in [0.1, 0.15) is 50.6 Å². The largest absolute Gasteiger partial charge is 0.375 e. The van der Waals surface area contributed by atoms with Gasteiger partial charge in [-0.1, -0.05) is 24.2 Å². The van der Waals surface area contributed by atoms with Crippen LogP contribution in [0.2, 0.25) is 0 Å². The topological polar surface area (TPSA) is 106 Å². The van der Waals surface area contributed by atoms with Gasteiger partial charge in [-0.15, -0.1) is 0 Å². The molecule has 1 aliphatic rings. The van der Waals surface area contributed by atoms with Crippen molar-refractivity contribution in [3.8, 4) is 10.4 Å². The van der Waals surface area contributed by atoms with Crippen molar-refractivity contribution < 1.29 is 4.92 Å². The maximum absolute atomic E-state index is 10.8. The Kier molecular flexibility index (Phi) is 7.36. The van der Waals surface area contributed by atoms with E-state index in [0.29, 0.717) is 5.13 Å². The number of benzene rings is 1. The molecule has 0 atom stereocenters. The van der Waals surface area contributed by atoms with Crippen LogP contribution >= 0.6 is 11.3 Å². The van der Waals surface area contributed by atoms with Crippen LogP contribution < -0.4 is 11.1 Å². The van der Waals surface area contributed by atoms with E-state index in [1.165, 1.54) is 48.6 Å². The van der Waals surface area contributed by atoms with E-state index >= 15 is 0 Å². The van der Waals surface area contributed by atoms with Gasteiger partial charge in [-0.25, -0.2) is 4.98 Å². The maximum atomic E-state index is 10.8. The molecule has 0 bridgehead atoms. The maximum Gasteiger partial charge on any atom is 0.269 e. The highest BCUT2D eigenvalue weighted by Gasteiger charge is 2.13.